The van der Waals surface area contributed by atoms with Crippen LogP contribution in [0.3, 0.4) is 0 Å². The molecule has 0 spiro atoms. The number of fused-ring (bicyclic) bond motifs is 7. The Morgan fingerprint density at radius 3 is 2.65 bits per heavy atom. The molecule has 0 amide bonds. The van der Waals surface area contributed by atoms with E-state index in [9.17, 15) is 34.2 Å². The molecule has 12 heteroatoms. The molecule has 4 aliphatic carbocycles. The molecule has 0 radical (unpaired) electrons. The molecule has 5 aliphatic rings. The summed E-state index contributed by atoms with van der Waals surface area (Å²) in [5.41, 5.74) is 7.72. The van der Waals surface area contributed by atoms with Crippen LogP contribution in [0.4, 0.5) is 5.69 Å². The van der Waals surface area contributed by atoms with Crippen molar-refractivity contribution in [2.75, 3.05) is 12.3 Å². The summed E-state index contributed by atoms with van der Waals surface area (Å²) >= 11 is 0. The third-order valence-corrected chi connectivity index (χ3v) is 12.4. The molecule has 9 atom stereocenters. The van der Waals surface area contributed by atoms with E-state index in [-0.39, 0.29) is 36.6 Å². The fourth-order valence-electron chi connectivity index (χ4n) is 10.0. The molecule has 1 aliphatic heterocycles. The Labute approximate surface area is 279 Å². The van der Waals surface area contributed by atoms with Gasteiger partial charge in [-0.05, 0) is 84.9 Å². The number of phosphoric acid groups is 1. The SMILES string of the molecule is C[C@]12C=CC(=O)C=C1CC[C@@H]1[C@@H]2[C@@H](O)C[C@@]2(C)[C@H]1C[C@H]1O[C@@H](c3cccc(Cc4cc(N)cc(CO)c4)c3)O[C@]12C(=O)COP(=O)(O)O. The van der Waals surface area contributed by atoms with Crippen LogP contribution in [0.5, 0.6) is 0 Å². The number of allylic oxidation sites excluding steroid dienone is 4. The maximum absolute atomic E-state index is 14.3. The van der Waals surface area contributed by atoms with E-state index in [0.29, 0.717) is 42.5 Å². The number of nitrogen functional groups attached to an aromatic ring is 1. The Hall–Kier alpha value is -2.99. The summed E-state index contributed by atoms with van der Waals surface area (Å²) in [6.45, 7) is 3.00. The van der Waals surface area contributed by atoms with Crippen LogP contribution in [0, 0.1) is 28.6 Å². The lowest BCUT2D eigenvalue weighted by Gasteiger charge is -2.59. The maximum Gasteiger partial charge on any atom is 0.470 e. The first-order valence-corrected chi connectivity index (χ1v) is 18.0. The van der Waals surface area contributed by atoms with Crippen molar-refractivity contribution in [3.63, 3.8) is 0 Å². The molecule has 1 heterocycles. The molecule has 256 valence electrons. The fourth-order valence-corrected chi connectivity index (χ4v) is 10.3. The fraction of sp³-hybridized carbons (Fsp3) is 0.500. The summed E-state index contributed by atoms with van der Waals surface area (Å²) in [5.74, 6) is -1.01. The van der Waals surface area contributed by atoms with Gasteiger partial charge in [0.25, 0.3) is 0 Å². The second kappa shape index (κ2) is 11.8. The third kappa shape index (κ3) is 5.36. The first-order chi connectivity index (χ1) is 22.7. The number of anilines is 1. The molecule has 2 aromatic carbocycles. The second-order valence-corrected chi connectivity index (χ2v) is 15.8. The van der Waals surface area contributed by atoms with Crippen LogP contribution in [0.25, 0.3) is 0 Å². The number of hydrogen-bond acceptors (Lipinski definition) is 9. The van der Waals surface area contributed by atoms with Gasteiger partial charge in [-0.2, -0.15) is 0 Å². The number of nitrogens with two attached hydrogens (primary N) is 1. The lowest BCUT2D eigenvalue weighted by Crippen LogP contribution is -2.63. The summed E-state index contributed by atoms with van der Waals surface area (Å²) in [7, 11) is -4.98. The summed E-state index contributed by atoms with van der Waals surface area (Å²) in [5, 5.41) is 21.6. The highest BCUT2D eigenvalue weighted by Crippen LogP contribution is 2.70. The molecular weight excluding hydrogens is 637 g/mol. The number of ether oxygens (including phenoxy) is 2. The maximum atomic E-state index is 14.3. The standard InChI is InChI=1S/C36H42NO10P/c1-34-9-8-26(39)15-24(34)6-7-27-28-16-31-36(30(41)19-45-48(42,43)44,35(28,2)17-29(40)32(27)34)47-33(46-31)23-5-3-4-20(12-23)10-21-11-22(18-38)14-25(37)13-21/h3-5,8-9,11-15,27-29,31-33,38,40H,6-7,10,16-19,37H2,1-2H3,(H2,42,43,44)/t27-,28-,29-,31+,32+,33+,34-,35-,36+/m0/s1. The summed E-state index contributed by atoms with van der Waals surface area (Å²) in [6.07, 6.45) is 5.19. The normalized spacial score (nSPS) is 37.0. The summed E-state index contributed by atoms with van der Waals surface area (Å²) < 4.78 is 29.8. The van der Waals surface area contributed by atoms with E-state index in [2.05, 4.69) is 6.92 Å². The molecule has 0 aromatic heterocycles. The Kier molecular flexibility index (Phi) is 8.25. The quantitative estimate of drug-likeness (QED) is 0.200. The number of carbonyl (C=O) groups is 2. The van der Waals surface area contributed by atoms with Crippen molar-refractivity contribution < 1.29 is 48.2 Å². The molecule has 6 N–H and O–H groups in total. The number of rotatable bonds is 8. The summed E-state index contributed by atoms with van der Waals surface area (Å²) in [6, 6.07) is 13.0. The number of aliphatic hydroxyl groups excluding tert-OH is 2. The topological polar surface area (TPSA) is 186 Å². The average molecular weight is 680 g/mol. The Morgan fingerprint density at radius 2 is 1.90 bits per heavy atom. The Morgan fingerprint density at radius 1 is 1.12 bits per heavy atom. The Balaban J connectivity index is 1.22. The van der Waals surface area contributed by atoms with Crippen LogP contribution in [0.15, 0.2) is 66.3 Å². The average Bonchev–Trinajstić information content (AvgIpc) is 3.52. The minimum absolute atomic E-state index is 0.0205. The Bertz CT molecular complexity index is 1770. The predicted octanol–water partition coefficient (Wildman–Crippen LogP) is 4.07. The van der Waals surface area contributed by atoms with Crippen molar-refractivity contribution in [1.82, 2.24) is 0 Å². The van der Waals surface area contributed by atoms with Crippen LogP contribution in [-0.4, -0.2) is 56.0 Å². The van der Waals surface area contributed by atoms with E-state index in [1.807, 2.05) is 49.4 Å². The first kappa shape index (κ1) is 33.5. The van der Waals surface area contributed by atoms with Gasteiger partial charge in [0.2, 0.25) is 0 Å². The number of Topliss-reactive ketones (excluding diaryl/α,β-unsaturated/α-hetero) is 1. The van der Waals surface area contributed by atoms with Crippen molar-refractivity contribution in [2.45, 2.75) is 76.7 Å². The van der Waals surface area contributed by atoms with Crippen LogP contribution in [0.2, 0.25) is 0 Å². The molecule has 4 fully saturated rings. The van der Waals surface area contributed by atoms with Crippen molar-refractivity contribution in [3.8, 4) is 0 Å². The lowest BCUT2D eigenvalue weighted by molar-refractivity contribution is -0.200. The van der Waals surface area contributed by atoms with Crippen molar-refractivity contribution >= 4 is 25.1 Å². The molecular formula is C36H42NO10P. The van der Waals surface area contributed by atoms with E-state index in [1.165, 1.54) is 0 Å². The number of aliphatic hydroxyl groups is 2. The van der Waals surface area contributed by atoms with Crippen LogP contribution in [0.1, 0.15) is 68.1 Å². The first-order valence-electron chi connectivity index (χ1n) is 16.4. The third-order valence-electron chi connectivity index (χ3n) is 11.9. The van der Waals surface area contributed by atoms with Crippen LogP contribution < -0.4 is 5.73 Å². The minimum Gasteiger partial charge on any atom is -0.399 e. The molecule has 0 unspecified atom stereocenters. The van der Waals surface area contributed by atoms with Crippen molar-refractivity contribution in [3.05, 3.63) is 88.5 Å². The van der Waals surface area contributed by atoms with E-state index in [1.54, 1.807) is 18.2 Å². The number of ketones is 2. The van der Waals surface area contributed by atoms with Gasteiger partial charge in [0.05, 0.1) is 18.8 Å². The van der Waals surface area contributed by atoms with Gasteiger partial charge in [-0.25, -0.2) is 4.57 Å². The number of hydrogen-bond donors (Lipinski definition) is 5. The number of carbonyl (C=O) groups excluding carboxylic acids is 2. The van der Waals surface area contributed by atoms with Gasteiger partial charge in [0.1, 0.15) is 6.61 Å². The zero-order valence-electron chi connectivity index (χ0n) is 27.0. The zero-order chi connectivity index (χ0) is 34.2. The smallest absolute Gasteiger partial charge is 0.399 e. The predicted molar refractivity (Wildman–Crippen MR) is 174 cm³/mol. The summed E-state index contributed by atoms with van der Waals surface area (Å²) in [4.78, 5) is 45.5. The van der Waals surface area contributed by atoms with Gasteiger partial charge < -0.3 is 35.2 Å². The molecule has 48 heavy (non-hydrogen) atoms. The van der Waals surface area contributed by atoms with E-state index in [4.69, 9.17) is 19.7 Å². The van der Waals surface area contributed by atoms with Crippen molar-refractivity contribution in [2.24, 2.45) is 28.6 Å². The van der Waals surface area contributed by atoms with E-state index < -0.39 is 55.1 Å². The van der Waals surface area contributed by atoms with Crippen LogP contribution >= 0.6 is 7.82 Å². The highest BCUT2D eigenvalue weighted by atomic mass is 31.2. The monoisotopic (exact) mass is 679 g/mol. The molecule has 0 bridgehead atoms. The molecule has 3 saturated carbocycles. The largest absolute Gasteiger partial charge is 0.470 e. The van der Waals surface area contributed by atoms with E-state index >= 15 is 0 Å². The zero-order valence-corrected chi connectivity index (χ0v) is 27.8. The van der Waals surface area contributed by atoms with Crippen LogP contribution in [-0.2, 0) is 41.2 Å². The minimum atomic E-state index is -4.98. The molecule has 2 aromatic rings. The number of phosphoric ester groups is 1. The van der Waals surface area contributed by atoms with Gasteiger partial charge >= 0.3 is 7.82 Å². The molecule has 1 saturated heterocycles. The highest BCUT2D eigenvalue weighted by molar-refractivity contribution is 7.46. The molecule has 11 nitrogen and oxygen atoms in total. The second-order valence-electron chi connectivity index (χ2n) is 14.6. The van der Waals surface area contributed by atoms with Gasteiger partial charge in [0, 0.05) is 28.0 Å². The van der Waals surface area contributed by atoms with E-state index in [0.717, 1.165) is 16.7 Å². The van der Waals surface area contributed by atoms with Crippen molar-refractivity contribution in [1.29, 1.82) is 0 Å². The lowest BCUT2D eigenvalue weighted by atomic mass is 9.46. The van der Waals surface area contributed by atoms with Gasteiger partial charge in [0.15, 0.2) is 23.5 Å². The van der Waals surface area contributed by atoms with Gasteiger partial charge in [-0.3, -0.25) is 14.1 Å². The van der Waals surface area contributed by atoms with Gasteiger partial charge in [-0.1, -0.05) is 55.8 Å². The highest BCUT2D eigenvalue weighted by Gasteiger charge is 2.76. The number of benzene rings is 2. The molecule has 7 rings (SSSR count). The van der Waals surface area contributed by atoms with Gasteiger partial charge in [-0.15, -0.1) is 0 Å².